The molecule has 0 spiro atoms. The summed E-state index contributed by atoms with van der Waals surface area (Å²) in [6.07, 6.45) is 1.63. The van der Waals surface area contributed by atoms with Gasteiger partial charge in [-0.05, 0) is 39.3 Å². The monoisotopic (exact) mass is 289 g/mol. The van der Waals surface area contributed by atoms with Crippen LogP contribution in [0.4, 0.5) is 0 Å². The summed E-state index contributed by atoms with van der Waals surface area (Å²) in [7, 11) is 1.80. The minimum Gasteiger partial charge on any atom is -0.342 e. The number of carbonyl (C=O) groups is 2. The molecule has 0 bridgehead atoms. The molecule has 2 amide bonds. The summed E-state index contributed by atoms with van der Waals surface area (Å²) in [5, 5.41) is 3.27. The Bertz CT molecular complexity index is 354. The summed E-state index contributed by atoms with van der Waals surface area (Å²) < 4.78 is 0. The lowest BCUT2D eigenvalue weighted by Crippen LogP contribution is -2.63. The minimum absolute atomic E-state index is 0. The smallest absolute Gasteiger partial charge is 0.247 e. The number of nitrogens with zero attached hydrogens (tertiary/aromatic N) is 2. The van der Waals surface area contributed by atoms with E-state index in [0.29, 0.717) is 25.4 Å². The highest BCUT2D eigenvalue weighted by Gasteiger charge is 2.43. The fourth-order valence-corrected chi connectivity index (χ4v) is 2.90. The Hall–Kier alpha value is -0.810. The molecule has 2 fully saturated rings. The van der Waals surface area contributed by atoms with Gasteiger partial charge in [-0.15, -0.1) is 12.4 Å². The molecule has 0 aromatic carbocycles. The maximum atomic E-state index is 12.3. The first-order valence-electron chi connectivity index (χ1n) is 6.69. The van der Waals surface area contributed by atoms with Crippen molar-refractivity contribution in [1.29, 1.82) is 0 Å². The van der Waals surface area contributed by atoms with Crippen LogP contribution in [0.3, 0.4) is 0 Å². The molecule has 19 heavy (non-hydrogen) atoms. The van der Waals surface area contributed by atoms with Gasteiger partial charge in [-0.3, -0.25) is 9.59 Å². The van der Waals surface area contributed by atoms with Crippen molar-refractivity contribution in [2.24, 2.45) is 5.92 Å². The lowest BCUT2D eigenvalue weighted by atomic mass is 9.95. The third kappa shape index (κ3) is 3.20. The average molecular weight is 290 g/mol. The van der Waals surface area contributed by atoms with Gasteiger partial charge in [0.15, 0.2) is 0 Å². The van der Waals surface area contributed by atoms with E-state index in [4.69, 9.17) is 0 Å². The largest absolute Gasteiger partial charge is 0.342 e. The van der Waals surface area contributed by atoms with Gasteiger partial charge < -0.3 is 15.1 Å². The SMILES string of the molecule is CN1CCN(C(=O)CC2CCNC2)C(C)(C)C1=O.Cl. The van der Waals surface area contributed by atoms with Crippen LogP contribution in [-0.2, 0) is 9.59 Å². The van der Waals surface area contributed by atoms with E-state index in [0.717, 1.165) is 19.5 Å². The van der Waals surface area contributed by atoms with E-state index < -0.39 is 5.54 Å². The van der Waals surface area contributed by atoms with Crippen LogP contribution in [0.15, 0.2) is 0 Å². The molecule has 110 valence electrons. The van der Waals surface area contributed by atoms with Crippen molar-refractivity contribution in [1.82, 2.24) is 15.1 Å². The highest BCUT2D eigenvalue weighted by molar-refractivity contribution is 5.91. The molecule has 2 aliphatic rings. The summed E-state index contributed by atoms with van der Waals surface area (Å²) in [5.74, 6) is 0.588. The summed E-state index contributed by atoms with van der Waals surface area (Å²) in [6.45, 7) is 6.90. The highest BCUT2D eigenvalue weighted by atomic mass is 35.5. The zero-order chi connectivity index (χ0) is 13.3. The van der Waals surface area contributed by atoms with E-state index in [1.807, 2.05) is 13.8 Å². The molecule has 0 radical (unpaired) electrons. The summed E-state index contributed by atoms with van der Waals surface area (Å²) in [4.78, 5) is 27.9. The second-order valence-corrected chi connectivity index (χ2v) is 5.89. The molecule has 2 aliphatic heterocycles. The normalized spacial score (nSPS) is 26.3. The Balaban J connectivity index is 0.00000180. The fourth-order valence-electron chi connectivity index (χ4n) is 2.90. The van der Waals surface area contributed by atoms with Gasteiger partial charge in [-0.1, -0.05) is 0 Å². The lowest BCUT2D eigenvalue weighted by Gasteiger charge is -2.45. The molecule has 0 aromatic rings. The first-order valence-corrected chi connectivity index (χ1v) is 6.69. The average Bonchev–Trinajstić information content (AvgIpc) is 2.78. The van der Waals surface area contributed by atoms with Crippen LogP contribution >= 0.6 is 12.4 Å². The molecule has 1 atom stereocenters. The zero-order valence-electron chi connectivity index (χ0n) is 11.9. The Morgan fingerprint density at radius 3 is 2.68 bits per heavy atom. The van der Waals surface area contributed by atoms with Gasteiger partial charge in [-0.25, -0.2) is 0 Å². The predicted octanol–water partition coefficient (Wildman–Crippen LogP) is 0.487. The number of amides is 2. The second-order valence-electron chi connectivity index (χ2n) is 5.89. The van der Waals surface area contributed by atoms with Crippen LogP contribution in [0.1, 0.15) is 26.7 Å². The van der Waals surface area contributed by atoms with E-state index in [9.17, 15) is 9.59 Å². The van der Waals surface area contributed by atoms with Crippen molar-refractivity contribution in [3.8, 4) is 0 Å². The van der Waals surface area contributed by atoms with Gasteiger partial charge in [0.05, 0.1) is 0 Å². The Labute approximate surface area is 121 Å². The number of likely N-dealkylation sites (N-methyl/N-ethyl adjacent to an activating group) is 1. The molecule has 2 saturated heterocycles. The first-order chi connectivity index (χ1) is 8.43. The van der Waals surface area contributed by atoms with Crippen LogP contribution in [0.25, 0.3) is 0 Å². The maximum absolute atomic E-state index is 12.3. The quantitative estimate of drug-likeness (QED) is 0.805. The number of rotatable bonds is 2. The van der Waals surface area contributed by atoms with Crippen molar-refractivity contribution >= 4 is 24.2 Å². The Kier molecular flexibility index (Phi) is 5.21. The molecule has 1 unspecified atom stereocenters. The van der Waals surface area contributed by atoms with Crippen molar-refractivity contribution in [2.75, 3.05) is 33.2 Å². The Morgan fingerprint density at radius 2 is 2.11 bits per heavy atom. The van der Waals surface area contributed by atoms with Crippen molar-refractivity contribution < 1.29 is 9.59 Å². The number of halogens is 1. The topological polar surface area (TPSA) is 52.6 Å². The lowest BCUT2D eigenvalue weighted by molar-refractivity contribution is -0.157. The fraction of sp³-hybridized carbons (Fsp3) is 0.846. The number of hydrogen-bond acceptors (Lipinski definition) is 3. The molecule has 1 N–H and O–H groups in total. The van der Waals surface area contributed by atoms with E-state index in [1.54, 1.807) is 16.8 Å². The van der Waals surface area contributed by atoms with Gasteiger partial charge in [-0.2, -0.15) is 0 Å². The molecule has 5 nitrogen and oxygen atoms in total. The highest BCUT2D eigenvalue weighted by Crippen LogP contribution is 2.24. The standard InChI is InChI=1S/C13H23N3O2.ClH/c1-13(2)12(18)15(3)6-7-16(13)11(17)8-10-4-5-14-9-10;/h10,14H,4-9H2,1-3H3;1H. The van der Waals surface area contributed by atoms with E-state index >= 15 is 0 Å². The second kappa shape index (κ2) is 6.09. The molecule has 0 aliphatic carbocycles. The van der Waals surface area contributed by atoms with Gasteiger partial charge in [0.2, 0.25) is 11.8 Å². The number of nitrogens with one attached hydrogen (secondary N) is 1. The van der Waals surface area contributed by atoms with Crippen LogP contribution in [0.5, 0.6) is 0 Å². The molecule has 2 rings (SSSR count). The van der Waals surface area contributed by atoms with Gasteiger partial charge in [0.1, 0.15) is 5.54 Å². The Morgan fingerprint density at radius 1 is 1.42 bits per heavy atom. The molecular formula is C13H24ClN3O2. The number of hydrogen-bond donors (Lipinski definition) is 1. The molecule has 2 heterocycles. The van der Waals surface area contributed by atoms with Crippen LogP contribution in [0.2, 0.25) is 0 Å². The zero-order valence-corrected chi connectivity index (χ0v) is 12.8. The minimum atomic E-state index is -0.698. The van der Waals surface area contributed by atoms with E-state index in [1.165, 1.54) is 0 Å². The van der Waals surface area contributed by atoms with Gasteiger partial charge in [0, 0.05) is 26.6 Å². The number of piperazine rings is 1. The molecule has 6 heteroatoms. The van der Waals surface area contributed by atoms with Crippen LogP contribution in [-0.4, -0.2) is 60.4 Å². The van der Waals surface area contributed by atoms with Gasteiger partial charge >= 0.3 is 0 Å². The van der Waals surface area contributed by atoms with E-state index in [-0.39, 0.29) is 24.2 Å². The third-order valence-electron chi connectivity index (χ3n) is 4.13. The molecule has 0 saturated carbocycles. The van der Waals surface area contributed by atoms with Crippen LogP contribution in [0, 0.1) is 5.92 Å². The van der Waals surface area contributed by atoms with Gasteiger partial charge in [0.25, 0.3) is 0 Å². The third-order valence-corrected chi connectivity index (χ3v) is 4.13. The summed E-state index contributed by atoms with van der Waals surface area (Å²) in [5.41, 5.74) is -0.698. The van der Waals surface area contributed by atoms with E-state index in [2.05, 4.69) is 5.32 Å². The van der Waals surface area contributed by atoms with Crippen molar-refractivity contribution in [3.05, 3.63) is 0 Å². The van der Waals surface area contributed by atoms with Crippen LogP contribution < -0.4 is 5.32 Å². The number of carbonyl (C=O) groups excluding carboxylic acids is 2. The van der Waals surface area contributed by atoms with Crippen molar-refractivity contribution in [3.63, 3.8) is 0 Å². The first kappa shape index (κ1) is 16.2. The molecule has 0 aromatic heterocycles. The summed E-state index contributed by atoms with van der Waals surface area (Å²) in [6, 6.07) is 0. The predicted molar refractivity (Wildman–Crippen MR) is 76.3 cm³/mol. The van der Waals surface area contributed by atoms with Crippen molar-refractivity contribution in [2.45, 2.75) is 32.2 Å². The summed E-state index contributed by atoms with van der Waals surface area (Å²) >= 11 is 0. The molecular weight excluding hydrogens is 266 g/mol. The maximum Gasteiger partial charge on any atom is 0.247 e.